The van der Waals surface area contributed by atoms with Crippen molar-refractivity contribution in [3.63, 3.8) is 0 Å². The van der Waals surface area contributed by atoms with Crippen LogP contribution in [0.5, 0.6) is 0 Å². The van der Waals surface area contributed by atoms with Crippen LogP contribution in [0.2, 0.25) is 0 Å². The van der Waals surface area contributed by atoms with Crippen LogP contribution in [0, 0.1) is 18.3 Å². The zero-order valence-electron chi connectivity index (χ0n) is 17.8. The maximum Gasteiger partial charge on any atom is 0.230 e. The number of hydrogen-bond acceptors (Lipinski definition) is 4. The smallest absolute Gasteiger partial charge is 0.230 e. The predicted molar refractivity (Wildman–Crippen MR) is 110 cm³/mol. The highest BCUT2D eigenvalue weighted by molar-refractivity contribution is 5.86. The van der Waals surface area contributed by atoms with Crippen LogP contribution in [0.15, 0.2) is 0 Å². The van der Waals surface area contributed by atoms with Gasteiger partial charge in [0.2, 0.25) is 11.8 Å². The summed E-state index contributed by atoms with van der Waals surface area (Å²) in [7, 11) is 0. The normalized spacial score (nSPS) is 25.9. The number of amides is 2. The molecule has 1 N–H and O–H groups in total. The number of piperidine rings is 1. The maximum absolute atomic E-state index is 13.3. The van der Waals surface area contributed by atoms with Gasteiger partial charge in [-0.15, -0.1) is 0 Å². The number of aromatic amines is 1. The third kappa shape index (κ3) is 4.64. The Morgan fingerprint density at radius 2 is 2.00 bits per heavy atom. The second-order valence-corrected chi connectivity index (χ2v) is 9.37. The number of aryl methyl sites for hydroxylation is 2. The number of aromatic nitrogens is 3. The summed E-state index contributed by atoms with van der Waals surface area (Å²) < 4.78 is 0. The van der Waals surface area contributed by atoms with Crippen molar-refractivity contribution in [3.8, 4) is 0 Å². The quantitative estimate of drug-likeness (QED) is 0.795. The Labute approximate surface area is 173 Å². The Bertz CT molecular complexity index is 727. The summed E-state index contributed by atoms with van der Waals surface area (Å²) in [5, 5.41) is 6.93. The molecule has 1 aromatic heterocycles. The fraction of sp³-hybridized carbons (Fsp3) is 0.818. The van der Waals surface area contributed by atoms with Crippen LogP contribution in [0.3, 0.4) is 0 Å². The minimum absolute atomic E-state index is 0.122. The molecule has 3 fully saturated rings. The van der Waals surface area contributed by atoms with Gasteiger partial charge in [-0.1, -0.05) is 32.1 Å². The van der Waals surface area contributed by atoms with E-state index in [0.717, 1.165) is 50.5 Å². The molecule has 1 atom stereocenters. The van der Waals surface area contributed by atoms with Crippen LogP contribution in [0.1, 0.15) is 75.9 Å². The van der Waals surface area contributed by atoms with Gasteiger partial charge in [0.15, 0.2) is 5.82 Å². The highest BCUT2D eigenvalue weighted by Gasteiger charge is 2.49. The molecule has 7 heteroatoms. The number of hydrogen-bond donors (Lipinski definition) is 1. The molecule has 7 nitrogen and oxygen atoms in total. The third-order valence-corrected chi connectivity index (χ3v) is 7.27. The number of nitrogens with zero attached hydrogens (tertiary/aromatic N) is 4. The fourth-order valence-corrected chi connectivity index (χ4v) is 5.52. The fourth-order valence-electron chi connectivity index (χ4n) is 5.52. The van der Waals surface area contributed by atoms with Gasteiger partial charge in [0, 0.05) is 39.0 Å². The van der Waals surface area contributed by atoms with E-state index in [-0.39, 0.29) is 11.3 Å². The van der Waals surface area contributed by atoms with E-state index in [2.05, 4.69) is 20.1 Å². The lowest BCUT2D eigenvalue weighted by atomic mass is 9.78. The number of carbonyl (C=O) groups excluding carboxylic acids is 2. The van der Waals surface area contributed by atoms with Crippen molar-refractivity contribution in [2.75, 3.05) is 26.2 Å². The van der Waals surface area contributed by atoms with E-state index in [1.165, 1.54) is 32.1 Å². The highest BCUT2D eigenvalue weighted by Crippen LogP contribution is 2.40. The van der Waals surface area contributed by atoms with Crippen molar-refractivity contribution in [1.82, 2.24) is 25.0 Å². The minimum Gasteiger partial charge on any atom is -0.342 e. The first-order chi connectivity index (χ1) is 14.1. The summed E-state index contributed by atoms with van der Waals surface area (Å²) in [6, 6.07) is 0. The summed E-state index contributed by atoms with van der Waals surface area (Å²) in [6.45, 7) is 4.96. The largest absolute Gasteiger partial charge is 0.342 e. The van der Waals surface area contributed by atoms with Crippen molar-refractivity contribution in [2.45, 2.75) is 77.6 Å². The minimum atomic E-state index is -0.332. The number of rotatable bonds is 6. The Balaban J connectivity index is 1.29. The molecule has 1 saturated carbocycles. The van der Waals surface area contributed by atoms with E-state index in [1.807, 2.05) is 11.8 Å². The molecule has 2 saturated heterocycles. The lowest BCUT2D eigenvalue weighted by Gasteiger charge is -2.40. The molecule has 2 aliphatic heterocycles. The van der Waals surface area contributed by atoms with Crippen LogP contribution in [0.4, 0.5) is 0 Å². The molecule has 160 valence electrons. The summed E-state index contributed by atoms with van der Waals surface area (Å²) >= 11 is 0. The first kappa shape index (κ1) is 20.4. The van der Waals surface area contributed by atoms with Gasteiger partial charge < -0.3 is 9.80 Å². The first-order valence-corrected chi connectivity index (χ1v) is 11.5. The summed E-state index contributed by atoms with van der Waals surface area (Å²) in [6.07, 6.45) is 11.7. The van der Waals surface area contributed by atoms with Gasteiger partial charge >= 0.3 is 0 Å². The summed E-state index contributed by atoms with van der Waals surface area (Å²) in [5.74, 6) is 2.69. The van der Waals surface area contributed by atoms with Crippen LogP contribution in [-0.2, 0) is 16.0 Å². The van der Waals surface area contributed by atoms with E-state index >= 15 is 0 Å². The van der Waals surface area contributed by atoms with E-state index < -0.39 is 0 Å². The van der Waals surface area contributed by atoms with Crippen molar-refractivity contribution >= 4 is 11.8 Å². The molecule has 0 unspecified atom stereocenters. The molecule has 29 heavy (non-hydrogen) atoms. The van der Waals surface area contributed by atoms with Crippen molar-refractivity contribution in [2.24, 2.45) is 11.3 Å². The Hall–Kier alpha value is -1.92. The number of carbonyl (C=O) groups is 2. The molecule has 4 rings (SSSR count). The van der Waals surface area contributed by atoms with Crippen LogP contribution >= 0.6 is 0 Å². The lowest BCUT2D eigenvalue weighted by molar-refractivity contribution is -0.146. The Morgan fingerprint density at radius 3 is 2.76 bits per heavy atom. The zero-order chi connectivity index (χ0) is 20.3. The van der Waals surface area contributed by atoms with Gasteiger partial charge in [-0.3, -0.25) is 14.7 Å². The molecule has 0 aromatic carbocycles. The molecule has 2 amide bonds. The molecule has 0 radical (unpaired) electrons. The van der Waals surface area contributed by atoms with Crippen LogP contribution < -0.4 is 0 Å². The van der Waals surface area contributed by atoms with Gasteiger partial charge in [0.25, 0.3) is 0 Å². The monoisotopic (exact) mass is 401 g/mol. The van der Waals surface area contributed by atoms with E-state index in [4.69, 9.17) is 0 Å². The average Bonchev–Trinajstić information content (AvgIpc) is 3.35. The van der Waals surface area contributed by atoms with Crippen molar-refractivity contribution in [1.29, 1.82) is 0 Å². The molecule has 3 aliphatic rings. The molecular weight excluding hydrogens is 366 g/mol. The highest BCUT2D eigenvalue weighted by atomic mass is 16.2. The molecule has 1 spiro atoms. The molecule has 3 heterocycles. The second-order valence-electron chi connectivity index (χ2n) is 9.37. The molecule has 0 bridgehead atoms. The zero-order valence-corrected chi connectivity index (χ0v) is 17.8. The maximum atomic E-state index is 13.3. The van der Waals surface area contributed by atoms with Gasteiger partial charge in [-0.25, -0.2) is 4.98 Å². The predicted octanol–water partition coefficient (Wildman–Crippen LogP) is 2.86. The second kappa shape index (κ2) is 8.84. The van der Waals surface area contributed by atoms with Gasteiger partial charge in [-0.05, 0) is 38.5 Å². The first-order valence-electron chi connectivity index (χ1n) is 11.5. The van der Waals surface area contributed by atoms with E-state index in [1.54, 1.807) is 0 Å². The van der Waals surface area contributed by atoms with E-state index in [9.17, 15) is 9.59 Å². The average molecular weight is 402 g/mol. The molecular formula is C22H35N5O2. The summed E-state index contributed by atoms with van der Waals surface area (Å²) in [5.41, 5.74) is -0.332. The molecule has 1 aliphatic carbocycles. The van der Waals surface area contributed by atoms with Gasteiger partial charge in [-0.2, -0.15) is 5.10 Å². The third-order valence-electron chi connectivity index (χ3n) is 7.27. The van der Waals surface area contributed by atoms with Crippen molar-refractivity contribution in [3.05, 3.63) is 11.6 Å². The van der Waals surface area contributed by atoms with Crippen LogP contribution in [0.25, 0.3) is 0 Å². The van der Waals surface area contributed by atoms with Crippen LogP contribution in [-0.4, -0.2) is 63.0 Å². The van der Waals surface area contributed by atoms with E-state index in [0.29, 0.717) is 37.7 Å². The lowest BCUT2D eigenvalue weighted by Crippen LogP contribution is -2.50. The topological polar surface area (TPSA) is 82.2 Å². The molecule has 1 aromatic rings. The number of H-pyrrole nitrogens is 1. The van der Waals surface area contributed by atoms with Gasteiger partial charge in [0.05, 0.1) is 5.41 Å². The van der Waals surface area contributed by atoms with Gasteiger partial charge in [0.1, 0.15) is 5.82 Å². The SMILES string of the molecule is Cc1nc(CCC(=O)N2CC[C@@]3(CCCN(CCC4CCCCC4)C3=O)C2)n[nH]1. The number of nitrogens with one attached hydrogen (secondary N) is 1. The van der Waals surface area contributed by atoms with Crippen molar-refractivity contribution < 1.29 is 9.59 Å². The summed E-state index contributed by atoms with van der Waals surface area (Å²) in [4.78, 5) is 34.3. The number of likely N-dealkylation sites (tertiary alicyclic amines) is 2. The Morgan fingerprint density at radius 1 is 1.17 bits per heavy atom. The standard InChI is InChI=1S/C22H35N5O2/c1-17-23-19(25-24-17)8-9-20(28)27-15-12-22(16-27)11-5-13-26(21(22)29)14-10-18-6-3-2-4-7-18/h18H,2-16H2,1H3,(H,23,24,25)/t22-/m0/s1. The Kier molecular flexibility index (Phi) is 6.20.